The fraction of sp³-hybridized carbons (Fsp3) is 0.552. The molecule has 1 N–H and O–H groups in total. The van der Waals surface area contributed by atoms with E-state index in [4.69, 9.17) is 9.47 Å². The molecule has 2 amide bonds. The highest BCUT2D eigenvalue weighted by atomic mass is 16.7. The molecule has 5 unspecified atom stereocenters. The Kier molecular flexibility index (Phi) is 7.26. The van der Waals surface area contributed by atoms with Gasteiger partial charge in [0.25, 0.3) is 0 Å². The number of carbonyl (C=O) groups is 2. The molecule has 0 saturated carbocycles. The van der Waals surface area contributed by atoms with Crippen LogP contribution < -0.4 is 10.2 Å². The largest absolute Gasteiger partial charge is 0.352 e. The summed E-state index contributed by atoms with van der Waals surface area (Å²) in [5.41, 5.74) is 1.95. The molecular weight excluding hydrogens is 454 g/mol. The van der Waals surface area contributed by atoms with E-state index in [1.54, 1.807) is 23.4 Å². The fourth-order valence-electron chi connectivity index (χ4n) is 5.18. The lowest BCUT2D eigenvalue weighted by molar-refractivity contribution is -0.131. The number of benzene rings is 1. The lowest BCUT2D eigenvalue weighted by atomic mass is 9.86. The van der Waals surface area contributed by atoms with E-state index in [2.05, 4.69) is 31.1 Å². The van der Waals surface area contributed by atoms with Crippen molar-refractivity contribution in [3.05, 3.63) is 59.9 Å². The Morgan fingerprint density at radius 2 is 1.78 bits per heavy atom. The molecule has 0 radical (unpaired) electrons. The van der Waals surface area contributed by atoms with Gasteiger partial charge in [0.2, 0.25) is 11.8 Å². The van der Waals surface area contributed by atoms with Crippen molar-refractivity contribution in [1.29, 1.82) is 0 Å². The van der Waals surface area contributed by atoms with Crippen molar-refractivity contribution < 1.29 is 19.1 Å². The molecule has 194 valence electrons. The molecule has 3 heterocycles. The number of hydrogen-bond donors (Lipinski definition) is 1. The maximum absolute atomic E-state index is 14.5. The third kappa shape index (κ3) is 5.47. The average molecular weight is 494 g/mol. The molecule has 2 aliphatic rings. The van der Waals surface area contributed by atoms with Crippen LogP contribution in [0.15, 0.2) is 48.8 Å². The number of hydrogen-bond acceptors (Lipinski definition) is 5. The molecule has 2 fully saturated rings. The predicted octanol–water partition coefficient (Wildman–Crippen LogP) is 4.77. The molecule has 0 bridgehead atoms. The number of nitrogens with one attached hydrogen (secondary N) is 1. The van der Waals surface area contributed by atoms with Crippen LogP contribution in [0.4, 0.5) is 5.69 Å². The van der Waals surface area contributed by atoms with Crippen LogP contribution in [0.5, 0.6) is 0 Å². The maximum Gasteiger partial charge on any atom is 0.248 e. The van der Waals surface area contributed by atoms with E-state index in [0.717, 1.165) is 12.0 Å². The van der Waals surface area contributed by atoms with Crippen molar-refractivity contribution in [1.82, 2.24) is 10.3 Å². The Balaban J connectivity index is 1.83. The zero-order valence-corrected chi connectivity index (χ0v) is 22.4. The van der Waals surface area contributed by atoms with Crippen molar-refractivity contribution in [3.63, 3.8) is 0 Å². The van der Waals surface area contributed by atoms with Gasteiger partial charge in [-0.3, -0.25) is 19.5 Å². The number of fused-ring (bicyclic) bond motifs is 1. The lowest BCUT2D eigenvalue weighted by Gasteiger charge is -2.36. The zero-order valence-electron chi connectivity index (χ0n) is 22.4. The third-order valence-electron chi connectivity index (χ3n) is 6.94. The van der Waals surface area contributed by atoms with E-state index < -0.39 is 17.5 Å². The van der Waals surface area contributed by atoms with Gasteiger partial charge in [-0.05, 0) is 63.3 Å². The number of nitrogens with zero attached hydrogens (tertiary/aromatic N) is 2. The number of pyridine rings is 1. The van der Waals surface area contributed by atoms with E-state index in [-0.39, 0.29) is 35.5 Å². The molecule has 0 aliphatic carbocycles. The van der Waals surface area contributed by atoms with Crippen molar-refractivity contribution in [3.8, 4) is 0 Å². The van der Waals surface area contributed by atoms with E-state index in [1.165, 1.54) is 0 Å². The minimum atomic E-state index is -0.889. The minimum Gasteiger partial charge on any atom is -0.352 e. The van der Waals surface area contributed by atoms with Gasteiger partial charge in [0.15, 0.2) is 6.29 Å². The van der Waals surface area contributed by atoms with Crippen LogP contribution in [0.2, 0.25) is 0 Å². The Morgan fingerprint density at radius 1 is 1.08 bits per heavy atom. The number of anilines is 1. The Morgan fingerprint density at radius 3 is 2.36 bits per heavy atom. The Hall–Kier alpha value is -2.77. The third-order valence-corrected chi connectivity index (χ3v) is 6.94. The molecule has 2 aromatic rings. The molecule has 7 heteroatoms. The number of amides is 2. The molecule has 2 aliphatic heterocycles. The highest BCUT2D eigenvalue weighted by Gasteiger charge is 2.52. The zero-order chi connectivity index (χ0) is 26.3. The van der Waals surface area contributed by atoms with Crippen molar-refractivity contribution >= 4 is 17.5 Å². The van der Waals surface area contributed by atoms with Crippen LogP contribution in [-0.4, -0.2) is 41.3 Å². The molecule has 2 saturated heterocycles. The highest BCUT2D eigenvalue weighted by molar-refractivity contribution is 6.03. The molecule has 0 spiro atoms. The highest BCUT2D eigenvalue weighted by Crippen LogP contribution is 2.43. The van der Waals surface area contributed by atoms with Crippen LogP contribution in [0.25, 0.3) is 0 Å². The van der Waals surface area contributed by atoms with Gasteiger partial charge in [-0.2, -0.15) is 0 Å². The normalized spacial score (nSPS) is 24.8. The minimum absolute atomic E-state index is 0.0379. The maximum atomic E-state index is 14.5. The first-order valence-electron chi connectivity index (χ1n) is 12.8. The summed E-state index contributed by atoms with van der Waals surface area (Å²) in [6, 6.07) is 10.7. The van der Waals surface area contributed by atoms with Gasteiger partial charge >= 0.3 is 0 Å². The number of rotatable bonds is 5. The van der Waals surface area contributed by atoms with Crippen molar-refractivity contribution in [2.45, 2.75) is 84.3 Å². The van der Waals surface area contributed by atoms with Gasteiger partial charge in [-0.25, -0.2) is 0 Å². The second-order valence-electron chi connectivity index (χ2n) is 12.0. The summed E-state index contributed by atoms with van der Waals surface area (Å²) < 4.78 is 11.8. The van der Waals surface area contributed by atoms with Gasteiger partial charge in [0.1, 0.15) is 6.04 Å². The van der Waals surface area contributed by atoms with Crippen LogP contribution >= 0.6 is 0 Å². The van der Waals surface area contributed by atoms with Gasteiger partial charge in [0.05, 0.1) is 18.6 Å². The standard InChI is InChI=1S/C29H39N3O4/c1-18-23(22-14-16-35-27(22)36-18)26(34)32(21-12-10-20(11-13-21)28(2,3)4)24(19-9-8-15-30-17-19)25(33)31-29(5,6)7/h8-13,15,17-18,22-24,27H,14,16H2,1-7H3,(H,31,33). The Labute approximate surface area is 214 Å². The summed E-state index contributed by atoms with van der Waals surface area (Å²) in [5, 5.41) is 3.09. The molecular formula is C29H39N3O4. The van der Waals surface area contributed by atoms with Gasteiger partial charge in [0, 0.05) is 35.1 Å². The SMILES string of the molecule is CC1OC2OCCC2C1C(=O)N(c1ccc(C(C)(C)C)cc1)C(C(=O)NC(C)(C)C)c1cccnc1. The van der Waals surface area contributed by atoms with Crippen LogP contribution in [0, 0.1) is 11.8 Å². The second kappa shape index (κ2) is 9.94. The van der Waals surface area contributed by atoms with Gasteiger partial charge in [-0.1, -0.05) is 39.0 Å². The van der Waals surface area contributed by atoms with E-state index in [1.807, 2.05) is 58.0 Å². The number of carbonyl (C=O) groups excluding carboxylic acids is 2. The monoisotopic (exact) mass is 493 g/mol. The lowest BCUT2D eigenvalue weighted by Crippen LogP contribution is -2.52. The first-order chi connectivity index (χ1) is 16.9. The summed E-state index contributed by atoms with van der Waals surface area (Å²) in [7, 11) is 0. The van der Waals surface area contributed by atoms with E-state index >= 15 is 0 Å². The van der Waals surface area contributed by atoms with E-state index in [9.17, 15) is 9.59 Å². The average Bonchev–Trinajstić information content (AvgIpc) is 3.35. The number of ether oxygens (including phenoxy) is 2. The Bertz CT molecular complexity index is 1070. The van der Waals surface area contributed by atoms with Crippen molar-refractivity contribution in [2.75, 3.05) is 11.5 Å². The topological polar surface area (TPSA) is 80.8 Å². The van der Waals surface area contributed by atoms with Crippen LogP contribution in [0.1, 0.15) is 72.1 Å². The summed E-state index contributed by atoms with van der Waals surface area (Å²) in [4.78, 5) is 34.2. The molecule has 36 heavy (non-hydrogen) atoms. The first kappa shape index (κ1) is 26.3. The summed E-state index contributed by atoms with van der Waals surface area (Å²) in [5.74, 6) is -0.845. The summed E-state index contributed by atoms with van der Waals surface area (Å²) in [6.07, 6.45) is 3.39. The molecule has 1 aromatic carbocycles. The van der Waals surface area contributed by atoms with Crippen LogP contribution in [0.3, 0.4) is 0 Å². The fourth-order valence-corrected chi connectivity index (χ4v) is 5.18. The molecule has 7 nitrogen and oxygen atoms in total. The summed E-state index contributed by atoms with van der Waals surface area (Å²) >= 11 is 0. The molecule has 5 atom stereocenters. The van der Waals surface area contributed by atoms with Crippen LogP contribution in [-0.2, 0) is 24.5 Å². The first-order valence-corrected chi connectivity index (χ1v) is 12.8. The second-order valence-corrected chi connectivity index (χ2v) is 12.0. The number of aromatic nitrogens is 1. The molecule has 4 rings (SSSR count). The van der Waals surface area contributed by atoms with Crippen molar-refractivity contribution in [2.24, 2.45) is 11.8 Å². The van der Waals surface area contributed by atoms with E-state index in [0.29, 0.717) is 17.9 Å². The molecule has 1 aromatic heterocycles. The smallest absolute Gasteiger partial charge is 0.248 e. The van der Waals surface area contributed by atoms with Gasteiger partial charge in [-0.15, -0.1) is 0 Å². The summed E-state index contributed by atoms with van der Waals surface area (Å²) in [6.45, 7) is 14.7. The quantitative estimate of drug-likeness (QED) is 0.649. The van der Waals surface area contributed by atoms with Gasteiger partial charge < -0.3 is 14.8 Å². The predicted molar refractivity (Wildman–Crippen MR) is 139 cm³/mol.